The first-order valence-electron chi connectivity index (χ1n) is 6.51. The second kappa shape index (κ2) is 5.55. The maximum absolute atomic E-state index is 12.1. The molecule has 0 unspecified atom stereocenters. The fourth-order valence-corrected chi connectivity index (χ4v) is 2.34. The van der Waals surface area contributed by atoms with E-state index in [1.54, 1.807) is 6.07 Å². The monoisotopic (exact) mass is 287 g/mol. The molecule has 0 saturated heterocycles. The van der Waals surface area contributed by atoms with Crippen molar-refractivity contribution in [2.75, 3.05) is 6.61 Å². The quantitative estimate of drug-likeness (QED) is 0.941. The highest BCUT2D eigenvalue weighted by atomic mass is 35.5. The normalized spacial score (nSPS) is 12.7. The lowest BCUT2D eigenvalue weighted by atomic mass is 10.1. The topological polar surface area (TPSA) is 38.3 Å². The van der Waals surface area contributed by atoms with E-state index in [4.69, 9.17) is 16.3 Å². The fraction of sp³-hybridized carbons (Fsp3) is 0.188. The van der Waals surface area contributed by atoms with Crippen LogP contribution in [-0.2, 0) is 13.0 Å². The Labute approximate surface area is 122 Å². The van der Waals surface area contributed by atoms with Gasteiger partial charge in [0.2, 0.25) is 0 Å². The standard InChI is InChI=1S/C16H14ClNO2/c17-14-4-1-11(2-5-14)10-18-16(19)13-3-6-15-12(9-13)7-8-20-15/h1-6,9H,7-8,10H2,(H,18,19). The molecule has 0 bridgehead atoms. The van der Waals surface area contributed by atoms with Gasteiger partial charge in [-0.2, -0.15) is 0 Å². The average molecular weight is 288 g/mol. The first-order chi connectivity index (χ1) is 9.72. The summed E-state index contributed by atoms with van der Waals surface area (Å²) in [6, 6.07) is 13.0. The van der Waals surface area contributed by atoms with Crippen LogP contribution in [0.4, 0.5) is 0 Å². The Morgan fingerprint density at radius 1 is 1.20 bits per heavy atom. The lowest BCUT2D eigenvalue weighted by Gasteiger charge is -2.07. The van der Waals surface area contributed by atoms with Gasteiger partial charge >= 0.3 is 0 Å². The number of benzene rings is 2. The molecule has 0 fully saturated rings. The number of fused-ring (bicyclic) bond motifs is 1. The molecule has 3 nitrogen and oxygen atoms in total. The number of halogens is 1. The number of hydrogen-bond acceptors (Lipinski definition) is 2. The summed E-state index contributed by atoms with van der Waals surface area (Å²) in [7, 11) is 0. The van der Waals surface area contributed by atoms with Crippen LogP contribution in [0.25, 0.3) is 0 Å². The van der Waals surface area contributed by atoms with Crippen molar-refractivity contribution < 1.29 is 9.53 Å². The van der Waals surface area contributed by atoms with Crippen LogP contribution < -0.4 is 10.1 Å². The van der Waals surface area contributed by atoms with Gasteiger partial charge in [-0.3, -0.25) is 4.79 Å². The van der Waals surface area contributed by atoms with E-state index < -0.39 is 0 Å². The van der Waals surface area contributed by atoms with Gasteiger partial charge in [-0.25, -0.2) is 0 Å². The summed E-state index contributed by atoms with van der Waals surface area (Å²) in [6.07, 6.45) is 0.869. The van der Waals surface area contributed by atoms with Crippen LogP contribution in [-0.4, -0.2) is 12.5 Å². The molecule has 1 aliphatic rings. The number of hydrogen-bond donors (Lipinski definition) is 1. The van der Waals surface area contributed by atoms with Crippen LogP contribution in [0, 0.1) is 0 Å². The molecule has 0 aromatic heterocycles. The lowest BCUT2D eigenvalue weighted by Crippen LogP contribution is -2.22. The molecule has 0 radical (unpaired) electrons. The summed E-state index contributed by atoms with van der Waals surface area (Å²) in [5.41, 5.74) is 2.79. The Bertz CT molecular complexity index is 637. The van der Waals surface area contributed by atoms with Gasteiger partial charge in [-0.1, -0.05) is 23.7 Å². The summed E-state index contributed by atoms with van der Waals surface area (Å²) in [5.74, 6) is 0.814. The van der Waals surface area contributed by atoms with Crippen molar-refractivity contribution in [1.82, 2.24) is 5.32 Å². The van der Waals surface area contributed by atoms with Crippen LogP contribution >= 0.6 is 11.6 Å². The first kappa shape index (κ1) is 13.0. The first-order valence-corrected chi connectivity index (χ1v) is 6.88. The number of ether oxygens (including phenoxy) is 1. The zero-order valence-corrected chi connectivity index (χ0v) is 11.6. The lowest BCUT2D eigenvalue weighted by molar-refractivity contribution is 0.0951. The number of rotatable bonds is 3. The molecule has 2 aromatic carbocycles. The van der Waals surface area contributed by atoms with E-state index in [9.17, 15) is 4.79 Å². The number of carbonyl (C=O) groups excluding carboxylic acids is 1. The summed E-state index contributed by atoms with van der Waals surface area (Å²) < 4.78 is 5.43. The van der Waals surface area contributed by atoms with Crippen LogP contribution in [0.2, 0.25) is 5.02 Å². The molecule has 4 heteroatoms. The van der Waals surface area contributed by atoms with E-state index in [2.05, 4.69) is 5.32 Å². The predicted octanol–water partition coefficient (Wildman–Crippen LogP) is 3.20. The maximum Gasteiger partial charge on any atom is 0.251 e. The number of nitrogens with one attached hydrogen (secondary N) is 1. The molecule has 0 spiro atoms. The molecule has 1 amide bonds. The third-order valence-electron chi connectivity index (χ3n) is 3.32. The van der Waals surface area contributed by atoms with Gasteiger partial charge in [0.25, 0.3) is 5.91 Å². The molecule has 20 heavy (non-hydrogen) atoms. The molecule has 102 valence electrons. The molecule has 1 N–H and O–H groups in total. The van der Waals surface area contributed by atoms with Gasteiger partial charge in [-0.05, 0) is 41.5 Å². The molecule has 2 aromatic rings. The van der Waals surface area contributed by atoms with Crippen LogP contribution in [0.1, 0.15) is 21.5 Å². The molecular formula is C16H14ClNO2. The largest absolute Gasteiger partial charge is 0.493 e. The van der Waals surface area contributed by atoms with Gasteiger partial charge in [0.1, 0.15) is 5.75 Å². The van der Waals surface area contributed by atoms with Crippen molar-refractivity contribution in [3.8, 4) is 5.75 Å². The molecule has 1 heterocycles. The van der Waals surface area contributed by atoms with Crippen molar-refractivity contribution in [2.24, 2.45) is 0 Å². The molecular weight excluding hydrogens is 274 g/mol. The van der Waals surface area contributed by atoms with E-state index in [0.717, 1.165) is 23.3 Å². The van der Waals surface area contributed by atoms with Gasteiger partial charge in [-0.15, -0.1) is 0 Å². The Morgan fingerprint density at radius 2 is 2.00 bits per heavy atom. The fourth-order valence-electron chi connectivity index (χ4n) is 2.21. The summed E-state index contributed by atoms with van der Waals surface area (Å²) in [6.45, 7) is 1.19. The predicted molar refractivity (Wildman–Crippen MR) is 78.3 cm³/mol. The van der Waals surface area contributed by atoms with Gasteiger partial charge in [0.05, 0.1) is 6.61 Å². The van der Waals surface area contributed by atoms with E-state index in [0.29, 0.717) is 23.7 Å². The second-order valence-corrected chi connectivity index (χ2v) is 5.17. The Balaban J connectivity index is 1.66. The van der Waals surface area contributed by atoms with E-state index in [1.165, 1.54) is 0 Å². The SMILES string of the molecule is O=C(NCc1ccc(Cl)cc1)c1ccc2c(c1)CCO2. The highest BCUT2D eigenvalue weighted by molar-refractivity contribution is 6.30. The third-order valence-corrected chi connectivity index (χ3v) is 3.57. The van der Waals surface area contributed by atoms with E-state index >= 15 is 0 Å². The molecule has 0 atom stereocenters. The smallest absolute Gasteiger partial charge is 0.251 e. The van der Waals surface area contributed by atoms with E-state index in [-0.39, 0.29) is 5.91 Å². The zero-order valence-electron chi connectivity index (χ0n) is 10.9. The maximum atomic E-state index is 12.1. The zero-order chi connectivity index (χ0) is 13.9. The minimum atomic E-state index is -0.0744. The number of carbonyl (C=O) groups is 1. The number of amides is 1. The van der Waals surface area contributed by atoms with Gasteiger partial charge in [0, 0.05) is 23.6 Å². The van der Waals surface area contributed by atoms with Crippen molar-refractivity contribution in [3.63, 3.8) is 0 Å². The summed E-state index contributed by atoms with van der Waals surface area (Å²) in [4.78, 5) is 12.1. The highest BCUT2D eigenvalue weighted by Crippen LogP contribution is 2.25. The second-order valence-electron chi connectivity index (χ2n) is 4.73. The van der Waals surface area contributed by atoms with Crippen LogP contribution in [0.3, 0.4) is 0 Å². The van der Waals surface area contributed by atoms with Gasteiger partial charge < -0.3 is 10.1 Å². The van der Waals surface area contributed by atoms with Crippen molar-refractivity contribution in [3.05, 3.63) is 64.2 Å². The van der Waals surface area contributed by atoms with Crippen molar-refractivity contribution in [2.45, 2.75) is 13.0 Å². The minimum Gasteiger partial charge on any atom is -0.493 e. The van der Waals surface area contributed by atoms with Crippen molar-refractivity contribution >= 4 is 17.5 Å². The minimum absolute atomic E-state index is 0.0744. The van der Waals surface area contributed by atoms with Crippen LogP contribution in [0.15, 0.2) is 42.5 Å². The Kier molecular flexibility index (Phi) is 3.61. The Hall–Kier alpha value is -2.00. The highest BCUT2D eigenvalue weighted by Gasteiger charge is 2.14. The van der Waals surface area contributed by atoms with Crippen molar-refractivity contribution in [1.29, 1.82) is 0 Å². The molecule has 0 aliphatic carbocycles. The van der Waals surface area contributed by atoms with E-state index in [1.807, 2.05) is 36.4 Å². The third kappa shape index (κ3) is 2.78. The van der Waals surface area contributed by atoms with Gasteiger partial charge in [0.15, 0.2) is 0 Å². The molecule has 0 saturated carbocycles. The summed E-state index contributed by atoms with van der Waals surface area (Å²) in [5, 5.41) is 3.60. The molecule has 3 rings (SSSR count). The Morgan fingerprint density at radius 3 is 2.80 bits per heavy atom. The molecule has 1 aliphatic heterocycles. The average Bonchev–Trinajstić information content (AvgIpc) is 2.93. The van der Waals surface area contributed by atoms with Crippen LogP contribution in [0.5, 0.6) is 5.75 Å². The summed E-state index contributed by atoms with van der Waals surface area (Å²) >= 11 is 5.83.